The molecule has 0 bridgehead atoms. The minimum atomic E-state index is -1.97. The molecule has 0 unspecified atom stereocenters. The molecule has 0 heterocycles. The molecule has 1 N–H and O–H groups in total. The lowest BCUT2D eigenvalue weighted by Gasteiger charge is -2.25. The lowest BCUT2D eigenvalue weighted by atomic mass is 10.3. The molecule has 0 aromatic heterocycles. The first-order valence-corrected chi connectivity index (χ1v) is 11.7. The van der Waals surface area contributed by atoms with Gasteiger partial charge < -0.3 is 5.32 Å². The standard InChI is InChI=1S/C27H25NP/c1-23(28-24-14-6-2-7-15-24)22-29(25-16-8-3-9-17-25,26-18-10-4-11-19-26)27-20-12-5-13-21-27/h2-22,28H,1H3/q+1. The van der Waals surface area contributed by atoms with Crippen LogP contribution in [0.25, 0.3) is 0 Å². The molecular formula is C27H25NP+. The van der Waals surface area contributed by atoms with E-state index in [0.29, 0.717) is 0 Å². The van der Waals surface area contributed by atoms with Gasteiger partial charge in [-0.25, -0.2) is 0 Å². The number of anilines is 1. The van der Waals surface area contributed by atoms with E-state index in [1.54, 1.807) is 0 Å². The molecule has 0 amide bonds. The lowest BCUT2D eigenvalue weighted by molar-refractivity contribution is 1.39. The number of para-hydroxylation sites is 1. The second-order valence-electron chi connectivity index (χ2n) is 7.03. The molecule has 0 spiro atoms. The van der Waals surface area contributed by atoms with Crippen LogP contribution in [0, 0.1) is 0 Å². The van der Waals surface area contributed by atoms with Crippen molar-refractivity contribution in [1.29, 1.82) is 0 Å². The predicted molar refractivity (Wildman–Crippen MR) is 129 cm³/mol. The van der Waals surface area contributed by atoms with Crippen LogP contribution in [0.2, 0.25) is 0 Å². The molecule has 0 aliphatic rings. The zero-order chi connectivity index (χ0) is 19.9. The summed E-state index contributed by atoms with van der Waals surface area (Å²) >= 11 is 0. The van der Waals surface area contributed by atoms with Crippen LogP contribution < -0.4 is 21.2 Å². The first-order chi connectivity index (χ1) is 14.3. The first kappa shape index (κ1) is 19.2. The van der Waals surface area contributed by atoms with Gasteiger partial charge in [0, 0.05) is 11.4 Å². The zero-order valence-electron chi connectivity index (χ0n) is 16.6. The average molecular weight is 394 g/mol. The van der Waals surface area contributed by atoms with E-state index in [1.807, 2.05) is 6.07 Å². The summed E-state index contributed by atoms with van der Waals surface area (Å²) in [5.41, 5.74) is 2.26. The molecule has 0 radical (unpaired) electrons. The average Bonchev–Trinajstić information content (AvgIpc) is 2.80. The summed E-state index contributed by atoms with van der Waals surface area (Å²) in [7, 11) is -1.97. The fourth-order valence-electron chi connectivity index (χ4n) is 3.73. The minimum absolute atomic E-state index is 1.11. The molecule has 4 rings (SSSR count). The summed E-state index contributed by atoms with van der Waals surface area (Å²) in [6.07, 6.45) is 0. The Balaban J connectivity index is 1.94. The van der Waals surface area contributed by atoms with Crippen molar-refractivity contribution in [1.82, 2.24) is 0 Å². The van der Waals surface area contributed by atoms with Crippen LogP contribution in [0.3, 0.4) is 0 Å². The molecule has 4 aromatic rings. The van der Waals surface area contributed by atoms with Crippen molar-refractivity contribution in [3.63, 3.8) is 0 Å². The van der Waals surface area contributed by atoms with Crippen molar-refractivity contribution >= 4 is 28.9 Å². The van der Waals surface area contributed by atoms with Crippen LogP contribution in [0.15, 0.2) is 133 Å². The third kappa shape index (κ3) is 4.16. The van der Waals surface area contributed by atoms with Gasteiger partial charge in [0.1, 0.15) is 23.2 Å². The molecule has 4 aromatic carbocycles. The maximum Gasteiger partial charge on any atom is 0.138 e. The van der Waals surface area contributed by atoms with Crippen molar-refractivity contribution in [2.45, 2.75) is 6.92 Å². The Labute approximate surface area is 174 Å². The van der Waals surface area contributed by atoms with Crippen molar-refractivity contribution in [2.75, 3.05) is 5.32 Å². The van der Waals surface area contributed by atoms with E-state index in [2.05, 4.69) is 133 Å². The molecule has 0 aliphatic heterocycles. The molecule has 29 heavy (non-hydrogen) atoms. The van der Waals surface area contributed by atoms with Gasteiger partial charge in [0.25, 0.3) is 0 Å². The Kier molecular flexibility index (Phi) is 5.89. The van der Waals surface area contributed by atoms with Crippen LogP contribution in [-0.4, -0.2) is 0 Å². The van der Waals surface area contributed by atoms with Crippen LogP contribution in [0.4, 0.5) is 5.69 Å². The van der Waals surface area contributed by atoms with Gasteiger partial charge in [0.05, 0.1) is 5.82 Å². The smallest absolute Gasteiger partial charge is 0.138 e. The molecule has 0 saturated heterocycles. The van der Waals surface area contributed by atoms with E-state index in [0.717, 1.165) is 11.4 Å². The molecule has 0 atom stereocenters. The van der Waals surface area contributed by atoms with Crippen molar-refractivity contribution in [2.24, 2.45) is 0 Å². The number of benzene rings is 4. The van der Waals surface area contributed by atoms with E-state index in [9.17, 15) is 0 Å². The Hall–Kier alpha value is -3.15. The summed E-state index contributed by atoms with van der Waals surface area (Å²) in [6.45, 7) is 2.16. The van der Waals surface area contributed by atoms with E-state index in [1.165, 1.54) is 15.9 Å². The molecule has 0 aliphatic carbocycles. The van der Waals surface area contributed by atoms with Crippen LogP contribution in [-0.2, 0) is 0 Å². The van der Waals surface area contributed by atoms with Gasteiger partial charge in [-0.3, -0.25) is 0 Å². The molecular weight excluding hydrogens is 369 g/mol. The fraction of sp³-hybridized carbons (Fsp3) is 0.0370. The van der Waals surface area contributed by atoms with Crippen molar-refractivity contribution < 1.29 is 0 Å². The van der Waals surface area contributed by atoms with Gasteiger partial charge in [0.2, 0.25) is 0 Å². The Morgan fingerprint density at radius 3 is 1.28 bits per heavy atom. The summed E-state index contributed by atoms with van der Waals surface area (Å²) in [5.74, 6) is 2.46. The monoisotopic (exact) mass is 394 g/mol. The molecule has 0 saturated carbocycles. The maximum absolute atomic E-state index is 3.60. The first-order valence-electron chi connectivity index (χ1n) is 9.86. The Bertz CT molecular complexity index is 962. The summed E-state index contributed by atoms with van der Waals surface area (Å²) < 4.78 is 0. The normalized spacial score (nSPS) is 11.8. The maximum atomic E-state index is 3.60. The SMILES string of the molecule is CC(=C[P+](c1ccccc1)(c1ccccc1)c1ccccc1)Nc1ccccc1. The summed E-state index contributed by atoms with van der Waals surface area (Å²) in [6, 6.07) is 43.1. The highest BCUT2D eigenvalue weighted by atomic mass is 31.2. The van der Waals surface area contributed by atoms with E-state index < -0.39 is 7.26 Å². The third-order valence-electron chi connectivity index (χ3n) is 4.99. The van der Waals surface area contributed by atoms with Gasteiger partial charge in [-0.15, -0.1) is 0 Å². The summed E-state index contributed by atoms with van der Waals surface area (Å²) in [4.78, 5) is 0. The van der Waals surface area contributed by atoms with Crippen LogP contribution >= 0.6 is 7.26 Å². The molecule has 0 fully saturated rings. The fourth-order valence-corrected chi connectivity index (χ4v) is 7.65. The van der Waals surface area contributed by atoms with Gasteiger partial charge >= 0.3 is 0 Å². The summed E-state index contributed by atoms with van der Waals surface area (Å²) in [5, 5.41) is 7.66. The molecule has 142 valence electrons. The predicted octanol–water partition coefficient (Wildman–Crippen LogP) is 5.95. The van der Waals surface area contributed by atoms with Crippen LogP contribution in [0.1, 0.15) is 6.92 Å². The number of hydrogen-bond donors (Lipinski definition) is 1. The second kappa shape index (κ2) is 8.90. The molecule has 2 heteroatoms. The number of rotatable bonds is 6. The molecule has 1 nitrogen and oxygen atoms in total. The van der Waals surface area contributed by atoms with Crippen LogP contribution in [0.5, 0.6) is 0 Å². The van der Waals surface area contributed by atoms with Gasteiger partial charge in [0.15, 0.2) is 0 Å². The van der Waals surface area contributed by atoms with Crippen molar-refractivity contribution in [3.8, 4) is 0 Å². The van der Waals surface area contributed by atoms with E-state index in [-0.39, 0.29) is 0 Å². The second-order valence-corrected chi connectivity index (χ2v) is 10.3. The van der Waals surface area contributed by atoms with Gasteiger partial charge in [-0.2, -0.15) is 0 Å². The highest BCUT2D eigenvalue weighted by molar-refractivity contribution is 7.98. The largest absolute Gasteiger partial charge is 0.356 e. The van der Waals surface area contributed by atoms with Crippen molar-refractivity contribution in [3.05, 3.63) is 133 Å². The third-order valence-corrected chi connectivity index (χ3v) is 9.11. The van der Waals surface area contributed by atoms with Gasteiger partial charge in [-0.05, 0) is 55.5 Å². The Morgan fingerprint density at radius 1 is 0.552 bits per heavy atom. The zero-order valence-corrected chi connectivity index (χ0v) is 17.5. The number of hydrogen-bond acceptors (Lipinski definition) is 1. The van der Waals surface area contributed by atoms with Gasteiger partial charge in [-0.1, -0.05) is 72.8 Å². The Morgan fingerprint density at radius 2 is 0.897 bits per heavy atom. The number of nitrogens with one attached hydrogen (secondary N) is 1. The number of allylic oxidation sites excluding steroid dienone is 1. The lowest BCUT2D eigenvalue weighted by Crippen LogP contribution is -2.30. The van der Waals surface area contributed by atoms with E-state index >= 15 is 0 Å². The highest BCUT2D eigenvalue weighted by Crippen LogP contribution is 2.57. The highest BCUT2D eigenvalue weighted by Gasteiger charge is 2.43. The topological polar surface area (TPSA) is 12.0 Å². The quantitative estimate of drug-likeness (QED) is 0.398. The van der Waals surface area contributed by atoms with E-state index in [4.69, 9.17) is 0 Å². The minimum Gasteiger partial charge on any atom is -0.356 e.